The van der Waals surface area contributed by atoms with Gasteiger partial charge in [-0.25, -0.2) is 4.39 Å². The van der Waals surface area contributed by atoms with Crippen LogP contribution in [0, 0.1) is 11.2 Å². The molecule has 1 heterocycles. The molecule has 24 heavy (non-hydrogen) atoms. The third-order valence-electron chi connectivity index (χ3n) is 3.54. The van der Waals surface area contributed by atoms with Crippen molar-refractivity contribution in [2.75, 3.05) is 0 Å². The zero-order chi connectivity index (χ0) is 17.2. The minimum absolute atomic E-state index is 0.188. The molecule has 0 spiro atoms. The van der Waals surface area contributed by atoms with E-state index in [1.807, 2.05) is 6.07 Å². The number of aromatic nitrogens is 1. The van der Waals surface area contributed by atoms with Gasteiger partial charge in [-0.15, -0.1) is 0 Å². The van der Waals surface area contributed by atoms with Crippen molar-refractivity contribution < 1.29 is 4.39 Å². The Kier molecular flexibility index (Phi) is 6.72. The van der Waals surface area contributed by atoms with E-state index in [9.17, 15) is 4.39 Å². The molecule has 0 aliphatic carbocycles. The summed E-state index contributed by atoms with van der Waals surface area (Å²) in [6.45, 7) is 0. The second kappa shape index (κ2) is 9.26. The quantitative estimate of drug-likeness (QED) is 0.635. The number of nitrogens with zero attached hydrogens (tertiary/aromatic N) is 1. The van der Waals surface area contributed by atoms with Gasteiger partial charge in [0.1, 0.15) is 5.82 Å². The van der Waals surface area contributed by atoms with Gasteiger partial charge in [-0.1, -0.05) is 54.6 Å². The third-order valence-corrected chi connectivity index (χ3v) is 3.54. The van der Waals surface area contributed by atoms with Gasteiger partial charge in [0.2, 0.25) is 0 Å². The molecule has 1 aromatic heterocycles. The number of aryl methyl sites for hydroxylation is 1. The summed E-state index contributed by atoms with van der Waals surface area (Å²) in [4.78, 5) is 0. The maximum Gasteiger partial charge on any atom is 0.126 e. The maximum atomic E-state index is 12.9. The molecule has 0 radical (unpaired) electrons. The molecule has 3 rings (SSSR count). The van der Waals surface area contributed by atoms with Gasteiger partial charge in [0.05, 0.1) is 0 Å². The second-order valence-corrected chi connectivity index (χ2v) is 5.26. The number of allylic oxidation sites excluding steroid dienone is 2. The van der Waals surface area contributed by atoms with Crippen LogP contribution in [0.3, 0.4) is 0 Å². The number of hydrogen-bond donors (Lipinski definition) is 1. The number of rotatable bonds is 4. The van der Waals surface area contributed by atoms with Gasteiger partial charge in [-0.3, -0.25) is 0 Å². The molecule has 3 heteroatoms. The van der Waals surface area contributed by atoms with Crippen molar-refractivity contribution in [1.82, 2.24) is 4.57 Å². The Labute approximate surface area is 142 Å². The van der Waals surface area contributed by atoms with Crippen LogP contribution in [0.15, 0.2) is 85.1 Å². The van der Waals surface area contributed by atoms with Crippen LogP contribution in [-0.4, -0.2) is 10.8 Å². The topological polar surface area (TPSA) is 28.8 Å². The molecule has 0 aliphatic rings. The Morgan fingerprint density at radius 3 is 2.29 bits per heavy atom. The van der Waals surface area contributed by atoms with Crippen molar-refractivity contribution in [1.29, 1.82) is 5.41 Å². The Morgan fingerprint density at radius 2 is 1.67 bits per heavy atom. The molecule has 0 saturated carbocycles. The summed E-state index contributed by atoms with van der Waals surface area (Å²) in [5.74, 6) is -0.188. The van der Waals surface area contributed by atoms with E-state index in [1.165, 1.54) is 23.5 Å². The minimum atomic E-state index is -0.188. The Balaban J connectivity index is 0.000000174. The zero-order valence-electron chi connectivity index (χ0n) is 13.7. The zero-order valence-corrected chi connectivity index (χ0v) is 13.7. The van der Waals surface area contributed by atoms with Crippen LogP contribution < -0.4 is 0 Å². The van der Waals surface area contributed by atoms with Crippen LogP contribution in [0.5, 0.6) is 0 Å². The van der Waals surface area contributed by atoms with Crippen molar-refractivity contribution in [3.63, 3.8) is 0 Å². The average Bonchev–Trinajstić information content (AvgIpc) is 3.04. The molecule has 0 saturated heterocycles. The van der Waals surface area contributed by atoms with E-state index < -0.39 is 0 Å². The van der Waals surface area contributed by atoms with Crippen molar-refractivity contribution in [3.05, 3.63) is 96.5 Å². The van der Waals surface area contributed by atoms with Crippen LogP contribution in [0.4, 0.5) is 4.39 Å². The van der Waals surface area contributed by atoms with Gasteiger partial charge >= 0.3 is 0 Å². The molecule has 122 valence electrons. The Hall–Kier alpha value is -2.94. The molecule has 0 unspecified atom stereocenters. The predicted molar refractivity (Wildman–Crippen MR) is 98.9 cm³/mol. The van der Waals surface area contributed by atoms with E-state index in [0.717, 1.165) is 0 Å². The molecule has 3 aromatic rings. The largest absolute Gasteiger partial charge is 0.351 e. The highest BCUT2D eigenvalue weighted by Gasteiger charge is 1.98. The fraction of sp³-hybridized carbons (Fsp3) is 0.0952. The molecular formula is C21H21FN2. The first-order valence-corrected chi connectivity index (χ1v) is 7.78. The molecule has 0 bridgehead atoms. The van der Waals surface area contributed by atoms with Crippen LogP contribution in [0.1, 0.15) is 5.56 Å². The highest BCUT2D eigenvalue weighted by atomic mass is 19.1. The third kappa shape index (κ3) is 5.06. The lowest BCUT2D eigenvalue weighted by molar-refractivity contribution is 0.615. The van der Waals surface area contributed by atoms with Crippen LogP contribution in [-0.2, 0) is 13.5 Å². The summed E-state index contributed by atoms with van der Waals surface area (Å²) >= 11 is 0. The Morgan fingerprint density at radius 1 is 0.958 bits per heavy atom. The monoisotopic (exact) mass is 320 g/mol. The van der Waals surface area contributed by atoms with E-state index in [-0.39, 0.29) is 5.82 Å². The fourth-order valence-corrected chi connectivity index (χ4v) is 2.30. The first kappa shape index (κ1) is 17.4. The standard InChI is InChI=1S/C11H11N.C10H10FN/c1-12-9-5-8-11(12)10-6-3-2-4-7-10;11-10-7-2-1-5-9(10)6-3-4-8-12/h2-9H,1H3;1-5,7-8,12H,6H2/b;4-3-,12-8?. The number of halogens is 1. The van der Waals surface area contributed by atoms with Crippen molar-refractivity contribution >= 4 is 6.21 Å². The van der Waals surface area contributed by atoms with Crippen molar-refractivity contribution in [2.45, 2.75) is 6.42 Å². The molecule has 0 amide bonds. The van der Waals surface area contributed by atoms with Gasteiger partial charge in [0.25, 0.3) is 0 Å². The molecule has 0 aliphatic heterocycles. The van der Waals surface area contributed by atoms with Crippen molar-refractivity contribution in [2.24, 2.45) is 7.05 Å². The predicted octanol–water partition coefficient (Wildman–Crippen LogP) is 5.27. The number of benzene rings is 2. The highest BCUT2D eigenvalue weighted by molar-refractivity contribution is 5.67. The summed E-state index contributed by atoms with van der Waals surface area (Å²) in [5, 5.41) is 6.72. The van der Waals surface area contributed by atoms with E-state index >= 15 is 0 Å². The van der Waals surface area contributed by atoms with Gasteiger partial charge in [0.15, 0.2) is 0 Å². The van der Waals surface area contributed by atoms with Gasteiger partial charge in [-0.2, -0.15) is 0 Å². The second-order valence-electron chi connectivity index (χ2n) is 5.26. The van der Waals surface area contributed by atoms with Gasteiger partial charge < -0.3 is 9.98 Å². The molecular weight excluding hydrogens is 299 g/mol. The van der Waals surface area contributed by atoms with Gasteiger partial charge in [0, 0.05) is 25.2 Å². The van der Waals surface area contributed by atoms with Crippen LogP contribution in [0.2, 0.25) is 0 Å². The van der Waals surface area contributed by atoms with Crippen molar-refractivity contribution in [3.8, 4) is 11.3 Å². The van der Waals surface area contributed by atoms with E-state index in [0.29, 0.717) is 12.0 Å². The first-order chi connectivity index (χ1) is 11.7. The van der Waals surface area contributed by atoms with E-state index in [4.69, 9.17) is 5.41 Å². The average molecular weight is 320 g/mol. The summed E-state index contributed by atoms with van der Waals surface area (Å²) < 4.78 is 15.0. The maximum absolute atomic E-state index is 12.9. The van der Waals surface area contributed by atoms with Gasteiger partial charge in [-0.05, 0) is 41.8 Å². The lowest BCUT2D eigenvalue weighted by atomic mass is 10.1. The molecule has 2 nitrogen and oxygen atoms in total. The fourth-order valence-electron chi connectivity index (χ4n) is 2.30. The normalized spacial score (nSPS) is 10.2. The lowest BCUT2D eigenvalue weighted by Gasteiger charge is -2.01. The van der Waals surface area contributed by atoms with Crippen LogP contribution in [0.25, 0.3) is 11.3 Å². The molecule has 1 N–H and O–H groups in total. The summed E-state index contributed by atoms with van der Waals surface area (Å²) in [5.41, 5.74) is 3.19. The Bertz CT molecular complexity index is 788. The number of nitrogens with one attached hydrogen (secondary N) is 1. The molecule has 0 atom stereocenters. The highest BCUT2D eigenvalue weighted by Crippen LogP contribution is 2.17. The molecule has 0 fully saturated rings. The smallest absolute Gasteiger partial charge is 0.126 e. The summed E-state index contributed by atoms with van der Waals surface area (Å²) in [6.07, 6.45) is 7.13. The summed E-state index contributed by atoms with van der Waals surface area (Å²) in [6, 6.07) is 21.2. The van der Waals surface area contributed by atoms with E-state index in [2.05, 4.69) is 54.2 Å². The first-order valence-electron chi connectivity index (χ1n) is 7.78. The van der Waals surface area contributed by atoms with E-state index in [1.54, 1.807) is 30.4 Å². The minimum Gasteiger partial charge on any atom is -0.351 e. The number of hydrogen-bond acceptors (Lipinski definition) is 1. The SMILES string of the molecule is Cn1cccc1-c1ccccc1.N=C/C=C\Cc1ccccc1F. The lowest BCUT2D eigenvalue weighted by Crippen LogP contribution is -1.87. The molecule has 2 aromatic carbocycles. The van der Waals surface area contributed by atoms with Crippen LogP contribution >= 0.6 is 0 Å². The summed E-state index contributed by atoms with van der Waals surface area (Å²) in [7, 11) is 2.06.